The first-order valence-electron chi connectivity index (χ1n) is 8.79. The summed E-state index contributed by atoms with van der Waals surface area (Å²) in [4.78, 5) is 4.26. The van der Waals surface area contributed by atoms with Gasteiger partial charge in [0.1, 0.15) is 0 Å². The third-order valence-electron chi connectivity index (χ3n) is 4.70. The summed E-state index contributed by atoms with van der Waals surface area (Å²) in [6, 6.07) is 15.8. The van der Waals surface area contributed by atoms with Gasteiger partial charge in [-0.25, -0.2) is 0 Å². The van der Waals surface area contributed by atoms with E-state index in [1.807, 2.05) is 48.8 Å². The maximum absolute atomic E-state index is 5.97. The largest absolute Gasteiger partial charge is 0.338 e. The van der Waals surface area contributed by atoms with Crippen molar-refractivity contribution < 1.29 is 0 Å². The van der Waals surface area contributed by atoms with Gasteiger partial charge in [-0.05, 0) is 54.8 Å². The molecule has 0 saturated carbocycles. The van der Waals surface area contributed by atoms with Crippen molar-refractivity contribution >= 4 is 33.9 Å². The number of halogens is 1. The molecule has 2 aromatic heterocycles. The number of anilines is 2. The third kappa shape index (κ3) is 3.62. The minimum atomic E-state index is 0.704. The molecule has 2 aromatic carbocycles. The van der Waals surface area contributed by atoms with Crippen LogP contribution in [0.1, 0.15) is 22.4 Å². The van der Waals surface area contributed by atoms with Crippen molar-refractivity contribution in [3.8, 4) is 0 Å². The van der Waals surface area contributed by atoms with Crippen LogP contribution in [0.2, 0.25) is 5.02 Å². The summed E-state index contributed by atoms with van der Waals surface area (Å²) >= 11 is 5.97. The molecule has 0 radical (unpaired) electrons. The minimum Gasteiger partial charge on any atom is -0.338 e. The molecule has 0 bridgehead atoms. The molecule has 0 spiro atoms. The van der Waals surface area contributed by atoms with E-state index in [4.69, 9.17) is 11.6 Å². The van der Waals surface area contributed by atoms with Gasteiger partial charge >= 0.3 is 0 Å². The summed E-state index contributed by atoms with van der Waals surface area (Å²) in [5.41, 5.74) is 5.48. The van der Waals surface area contributed by atoms with Crippen LogP contribution in [0.25, 0.3) is 10.8 Å². The Labute approximate surface area is 163 Å². The molecule has 4 nitrogen and oxygen atoms in total. The van der Waals surface area contributed by atoms with Gasteiger partial charge in [0.25, 0.3) is 0 Å². The third-order valence-corrected chi connectivity index (χ3v) is 4.96. The van der Waals surface area contributed by atoms with Crippen LogP contribution in [-0.2, 0) is 6.42 Å². The van der Waals surface area contributed by atoms with E-state index in [2.05, 4.69) is 46.5 Å². The van der Waals surface area contributed by atoms with Gasteiger partial charge in [0, 0.05) is 40.3 Å². The molecular weight excluding hydrogens is 356 g/mol. The fourth-order valence-electron chi connectivity index (χ4n) is 3.23. The molecule has 0 aliphatic rings. The zero-order valence-corrected chi connectivity index (χ0v) is 16.0. The van der Waals surface area contributed by atoms with Crippen LogP contribution in [0.5, 0.6) is 0 Å². The molecular formula is C22H19ClN4. The summed E-state index contributed by atoms with van der Waals surface area (Å²) < 4.78 is 0. The lowest BCUT2D eigenvalue weighted by Crippen LogP contribution is -2.04. The van der Waals surface area contributed by atoms with E-state index in [1.165, 1.54) is 16.7 Å². The first-order valence-corrected chi connectivity index (χ1v) is 9.16. The van der Waals surface area contributed by atoms with Crippen LogP contribution >= 0.6 is 11.6 Å². The highest BCUT2D eigenvalue weighted by Crippen LogP contribution is 2.28. The lowest BCUT2D eigenvalue weighted by molar-refractivity contribution is 0.948. The molecule has 4 aromatic rings. The van der Waals surface area contributed by atoms with Gasteiger partial charge in [0.15, 0.2) is 5.82 Å². The number of nitrogens with one attached hydrogen (secondary N) is 1. The molecule has 134 valence electrons. The normalized spacial score (nSPS) is 10.9. The Hall–Kier alpha value is -2.98. The van der Waals surface area contributed by atoms with Gasteiger partial charge in [-0.1, -0.05) is 35.9 Å². The fourth-order valence-corrected chi connectivity index (χ4v) is 3.35. The van der Waals surface area contributed by atoms with E-state index >= 15 is 0 Å². The Morgan fingerprint density at radius 1 is 0.852 bits per heavy atom. The molecule has 0 amide bonds. The fraction of sp³-hybridized carbons (Fsp3) is 0.136. The van der Waals surface area contributed by atoms with E-state index < -0.39 is 0 Å². The van der Waals surface area contributed by atoms with Crippen LogP contribution in [0.3, 0.4) is 0 Å². The van der Waals surface area contributed by atoms with E-state index in [-0.39, 0.29) is 0 Å². The van der Waals surface area contributed by atoms with Crippen molar-refractivity contribution in [3.05, 3.63) is 88.3 Å². The number of aryl methyl sites for hydroxylation is 2. The van der Waals surface area contributed by atoms with Crippen LogP contribution in [0.15, 0.2) is 60.9 Å². The number of hydrogen-bond acceptors (Lipinski definition) is 4. The van der Waals surface area contributed by atoms with Crippen molar-refractivity contribution in [2.75, 3.05) is 5.32 Å². The summed E-state index contributed by atoms with van der Waals surface area (Å²) in [7, 11) is 0. The Morgan fingerprint density at radius 3 is 2.22 bits per heavy atom. The van der Waals surface area contributed by atoms with Crippen LogP contribution in [0.4, 0.5) is 11.5 Å². The highest BCUT2D eigenvalue weighted by Gasteiger charge is 2.12. The van der Waals surface area contributed by atoms with Gasteiger partial charge in [-0.2, -0.15) is 5.10 Å². The van der Waals surface area contributed by atoms with Crippen molar-refractivity contribution in [2.45, 2.75) is 20.3 Å². The SMILES string of the molecule is Cc1cncc(C)c1Cc1nnc(Nc2ccc(Cl)cc2)c2ccccc12. The number of nitrogens with zero attached hydrogens (tertiary/aromatic N) is 3. The number of pyridine rings is 1. The molecule has 27 heavy (non-hydrogen) atoms. The summed E-state index contributed by atoms with van der Waals surface area (Å²) in [6.07, 6.45) is 4.53. The first-order chi connectivity index (χ1) is 13.1. The predicted octanol–water partition coefficient (Wildman–Crippen LogP) is 5.63. The van der Waals surface area contributed by atoms with Gasteiger partial charge in [-0.3, -0.25) is 4.98 Å². The van der Waals surface area contributed by atoms with Crippen molar-refractivity contribution in [1.29, 1.82) is 0 Å². The zero-order chi connectivity index (χ0) is 18.8. The molecule has 0 aliphatic carbocycles. The summed E-state index contributed by atoms with van der Waals surface area (Å²) in [5, 5.41) is 15.2. The highest BCUT2D eigenvalue weighted by atomic mass is 35.5. The van der Waals surface area contributed by atoms with E-state index in [1.54, 1.807) is 0 Å². The lowest BCUT2D eigenvalue weighted by atomic mass is 9.99. The molecule has 0 unspecified atom stereocenters. The second-order valence-electron chi connectivity index (χ2n) is 6.60. The summed E-state index contributed by atoms with van der Waals surface area (Å²) in [5.74, 6) is 0.736. The van der Waals surface area contributed by atoms with E-state index in [0.29, 0.717) is 5.02 Å². The topological polar surface area (TPSA) is 50.7 Å². The van der Waals surface area contributed by atoms with Crippen molar-refractivity contribution in [3.63, 3.8) is 0 Å². The standard InChI is InChI=1S/C22H19ClN4/c1-14-12-24-13-15(2)20(14)11-21-18-5-3-4-6-19(18)22(27-26-21)25-17-9-7-16(23)8-10-17/h3-10,12-13H,11H2,1-2H3,(H,25,27). The van der Waals surface area contributed by atoms with Gasteiger partial charge in [-0.15, -0.1) is 5.10 Å². The molecule has 4 rings (SSSR count). The number of hydrogen-bond donors (Lipinski definition) is 1. The molecule has 0 saturated heterocycles. The minimum absolute atomic E-state index is 0.704. The van der Waals surface area contributed by atoms with Crippen LogP contribution in [0, 0.1) is 13.8 Å². The monoisotopic (exact) mass is 374 g/mol. The van der Waals surface area contributed by atoms with Crippen molar-refractivity contribution in [1.82, 2.24) is 15.2 Å². The molecule has 5 heteroatoms. The average molecular weight is 375 g/mol. The van der Waals surface area contributed by atoms with E-state index in [9.17, 15) is 0 Å². The summed E-state index contributed by atoms with van der Waals surface area (Å²) in [6.45, 7) is 4.17. The number of fused-ring (bicyclic) bond motifs is 1. The van der Waals surface area contributed by atoms with Gasteiger partial charge in [0.05, 0.1) is 5.69 Å². The number of aromatic nitrogens is 3. The molecule has 0 fully saturated rings. The van der Waals surface area contributed by atoms with Crippen LogP contribution in [-0.4, -0.2) is 15.2 Å². The Morgan fingerprint density at radius 2 is 1.52 bits per heavy atom. The maximum Gasteiger partial charge on any atom is 0.160 e. The molecule has 1 N–H and O–H groups in total. The lowest BCUT2D eigenvalue weighted by Gasteiger charge is -2.13. The molecule has 0 aliphatic heterocycles. The first kappa shape index (κ1) is 17.4. The predicted molar refractivity (Wildman–Crippen MR) is 111 cm³/mol. The van der Waals surface area contributed by atoms with Crippen molar-refractivity contribution in [2.24, 2.45) is 0 Å². The second kappa shape index (κ2) is 7.33. The smallest absolute Gasteiger partial charge is 0.160 e. The average Bonchev–Trinajstić information content (AvgIpc) is 2.68. The Kier molecular flexibility index (Phi) is 4.73. The Bertz CT molecular complexity index is 1090. The number of rotatable bonds is 4. The quantitative estimate of drug-likeness (QED) is 0.503. The van der Waals surface area contributed by atoms with Gasteiger partial charge < -0.3 is 5.32 Å². The maximum atomic E-state index is 5.97. The second-order valence-corrected chi connectivity index (χ2v) is 7.04. The van der Waals surface area contributed by atoms with Gasteiger partial charge in [0.2, 0.25) is 0 Å². The van der Waals surface area contributed by atoms with Crippen LogP contribution < -0.4 is 5.32 Å². The highest BCUT2D eigenvalue weighted by molar-refractivity contribution is 6.30. The zero-order valence-electron chi connectivity index (χ0n) is 15.2. The molecule has 0 atom stereocenters. The van der Waals surface area contributed by atoms with E-state index in [0.717, 1.165) is 34.4 Å². The molecule has 2 heterocycles. The Balaban J connectivity index is 1.75. The number of benzene rings is 2.